The van der Waals surface area contributed by atoms with Gasteiger partial charge in [-0.15, -0.1) is 0 Å². The number of halogens is 2. The number of carbonyl (C=O) groups excluding carboxylic acids is 1. The van der Waals surface area contributed by atoms with Gasteiger partial charge in [0.25, 0.3) is 0 Å². The highest BCUT2D eigenvalue weighted by molar-refractivity contribution is 5.74. The number of likely N-dealkylation sites (tertiary alicyclic amines) is 1. The maximum atomic E-state index is 13.5. The summed E-state index contributed by atoms with van der Waals surface area (Å²) in [6.07, 6.45) is 3.36. The number of nitrogens with one attached hydrogen (secondary N) is 1. The molecule has 0 saturated carbocycles. The third-order valence-electron chi connectivity index (χ3n) is 3.79. The van der Waals surface area contributed by atoms with E-state index in [1.165, 1.54) is 0 Å². The fourth-order valence-electron chi connectivity index (χ4n) is 2.67. The average molecular weight is 298 g/mol. The van der Waals surface area contributed by atoms with E-state index >= 15 is 0 Å². The number of hydrogen-bond acceptors (Lipinski definition) is 2. The summed E-state index contributed by atoms with van der Waals surface area (Å²) < 4.78 is 26.6. The molecule has 2 N–H and O–H groups in total. The number of carbonyl (C=O) groups is 1. The van der Waals surface area contributed by atoms with E-state index in [4.69, 9.17) is 5.11 Å². The number of nitrogens with zero attached hydrogens (tertiary/aromatic N) is 1. The van der Waals surface area contributed by atoms with Crippen LogP contribution in [0.25, 0.3) is 0 Å². The molecule has 1 aliphatic rings. The summed E-state index contributed by atoms with van der Waals surface area (Å²) in [7, 11) is 0. The van der Waals surface area contributed by atoms with Gasteiger partial charge in [-0.05, 0) is 43.9 Å². The van der Waals surface area contributed by atoms with Crippen LogP contribution >= 0.6 is 0 Å². The molecule has 1 aliphatic heterocycles. The number of hydrogen-bond donors (Lipinski definition) is 2. The molecule has 1 aromatic carbocycles. The van der Waals surface area contributed by atoms with Crippen LogP contribution in [0.1, 0.15) is 31.2 Å². The van der Waals surface area contributed by atoms with E-state index < -0.39 is 11.6 Å². The molecule has 0 aliphatic carbocycles. The van der Waals surface area contributed by atoms with Crippen LogP contribution in [0.3, 0.4) is 0 Å². The van der Waals surface area contributed by atoms with E-state index in [0.29, 0.717) is 13.0 Å². The zero-order valence-corrected chi connectivity index (χ0v) is 11.8. The molecule has 0 aromatic heterocycles. The molecule has 1 atom stereocenters. The lowest BCUT2D eigenvalue weighted by Crippen LogP contribution is -2.48. The van der Waals surface area contributed by atoms with Crippen molar-refractivity contribution in [3.05, 3.63) is 35.4 Å². The Hall–Kier alpha value is -1.69. The van der Waals surface area contributed by atoms with Gasteiger partial charge in [-0.25, -0.2) is 13.6 Å². The molecule has 1 heterocycles. The Balaban J connectivity index is 1.95. The van der Waals surface area contributed by atoms with Crippen LogP contribution in [0, 0.1) is 11.6 Å². The van der Waals surface area contributed by atoms with Crippen molar-refractivity contribution in [3.8, 4) is 0 Å². The van der Waals surface area contributed by atoms with E-state index in [-0.39, 0.29) is 30.8 Å². The average Bonchev–Trinajstić information content (AvgIpc) is 2.49. The zero-order valence-electron chi connectivity index (χ0n) is 11.8. The largest absolute Gasteiger partial charge is 0.396 e. The lowest BCUT2D eigenvalue weighted by atomic mass is 10.0. The summed E-state index contributed by atoms with van der Waals surface area (Å²) in [5.41, 5.74) is 0.124. The normalized spacial score (nSPS) is 18.6. The quantitative estimate of drug-likeness (QED) is 0.897. The molecular formula is C15H20F2N2O2. The number of benzene rings is 1. The summed E-state index contributed by atoms with van der Waals surface area (Å²) in [6.45, 7) is 0.611. The first-order valence-corrected chi connectivity index (χ1v) is 7.21. The highest BCUT2D eigenvalue weighted by atomic mass is 19.1. The smallest absolute Gasteiger partial charge is 0.317 e. The molecule has 1 unspecified atom stereocenters. The highest BCUT2D eigenvalue weighted by Gasteiger charge is 2.26. The Morgan fingerprint density at radius 1 is 1.38 bits per heavy atom. The first kappa shape index (κ1) is 15.7. The Morgan fingerprint density at radius 3 is 2.95 bits per heavy atom. The number of urea groups is 1. The summed E-state index contributed by atoms with van der Waals surface area (Å²) in [5, 5.41) is 11.7. The van der Waals surface area contributed by atoms with Crippen molar-refractivity contribution < 1.29 is 18.7 Å². The van der Waals surface area contributed by atoms with Crippen molar-refractivity contribution in [2.75, 3.05) is 13.2 Å². The topological polar surface area (TPSA) is 52.6 Å². The molecule has 1 aromatic rings. The summed E-state index contributed by atoms with van der Waals surface area (Å²) in [4.78, 5) is 13.8. The Bertz CT molecular complexity index is 495. The summed E-state index contributed by atoms with van der Waals surface area (Å²) >= 11 is 0. The number of piperidine rings is 1. The molecule has 21 heavy (non-hydrogen) atoms. The lowest BCUT2D eigenvalue weighted by molar-refractivity contribution is 0.131. The molecule has 1 saturated heterocycles. The van der Waals surface area contributed by atoms with Gasteiger partial charge in [-0.3, -0.25) is 0 Å². The maximum absolute atomic E-state index is 13.5. The van der Waals surface area contributed by atoms with Gasteiger partial charge in [-0.1, -0.05) is 0 Å². The highest BCUT2D eigenvalue weighted by Crippen LogP contribution is 2.19. The molecule has 2 rings (SSSR count). The van der Waals surface area contributed by atoms with E-state index in [1.54, 1.807) is 4.90 Å². The zero-order chi connectivity index (χ0) is 15.2. The van der Waals surface area contributed by atoms with Gasteiger partial charge in [0.05, 0.1) is 0 Å². The van der Waals surface area contributed by atoms with Crippen molar-refractivity contribution in [1.82, 2.24) is 10.2 Å². The number of amides is 2. The lowest BCUT2D eigenvalue weighted by Gasteiger charge is -2.35. The van der Waals surface area contributed by atoms with Crippen LogP contribution < -0.4 is 5.32 Å². The van der Waals surface area contributed by atoms with Crippen molar-refractivity contribution >= 4 is 6.03 Å². The molecule has 6 heteroatoms. The van der Waals surface area contributed by atoms with Crippen molar-refractivity contribution in [3.63, 3.8) is 0 Å². The predicted molar refractivity (Wildman–Crippen MR) is 74.6 cm³/mol. The van der Waals surface area contributed by atoms with Crippen LogP contribution in [0.15, 0.2) is 18.2 Å². The van der Waals surface area contributed by atoms with Crippen molar-refractivity contribution in [2.45, 2.75) is 38.3 Å². The third kappa shape index (κ3) is 4.14. The summed E-state index contributed by atoms with van der Waals surface area (Å²) in [6, 6.07) is 2.89. The fourth-order valence-corrected chi connectivity index (χ4v) is 2.67. The molecule has 4 nitrogen and oxygen atoms in total. The second-order valence-electron chi connectivity index (χ2n) is 5.25. The first-order valence-electron chi connectivity index (χ1n) is 7.21. The minimum Gasteiger partial charge on any atom is -0.396 e. The van der Waals surface area contributed by atoms with Gasteiger partial charge >= 0.3 is 6.03 Å². The molecule has 116 valence electrons. The second-order valence-corrected chi connectivity index (χ2v) is 5.25. The minimum absolute atomic E-state index is 0.0149. The third-order valence-corrected chi connectivity index (χ3v) is 3.79. The van der Waals surface area contributed by atoms with E-state index in [0.717, 1.165) is 37.5 Å². The van der Waals surface area contributed by atoms with Crippen LogP contribution in [0.4, 0.5) is 13.6 Å². The Labute approximate surface area is 122 Å². The van der Waals surface area contributed by atoms with Gasteiger partial charge in [0.2, 0.25) is 0 Å². The number of aliphatic hydroxyl groups excluding tert-OH is 1. The maximum Gasteiger partial charge on any atom is 0.317 e. The first-order chi connectivity index (χ1) is 10.1. The molecule has 0 radical (unpaired) electrons. The Morgan fingerprint density at radius 2 is 2.19 bits per heavy atom. The standard InChI is InChI=1S/C15H20F2N2O2/c16-12-4-5-14(17)11(9-12)10-18-15(21)19-7-2-1-3-13(19)6-8-20/h4-5,9,13,20H,1-3,6-8,10H2,(H,18,21). The number of aliphatic hydroxyl groups is 1. The molecule has 0 spiro atoms. The van der Waals surface area contributed by atoms with Gasteiger partial charge in [0, 0.05) is 31.3 Å². The van der Waals surface area contributed by atoms with Crippen molar-refractivity contribution in [2.24, 2.45) is 0 Å². The molecular weight excluding hydrogens is 278 g/mol. The predicted octanol–water partition coefficient (Wildman–Crippen LogP) is 2.41. The number of rotatable bonds is 4. The van der Waals surface area contributed by atoms with E-state index in [1.807, 2.05) is 0 Å². The Kier molecular flexibility index (Phi) is 5.50. The van der Waals surface area contributed by atoms with Crippen LogP contribution in [0.2, 0.25) is 0 Å². The van der Waals surface area contributed by atoms with Crippen LogP contribution in [-0.2, 0) is 6.54 Å². The molecule has 1 fully saturated rings. The van der Waals surface area contributed by atoms with E-state index in [2.05, 4.69) is 5.32 Å². The van der Waals surface area contributed by atoms with Gasteiger partial charge in [0.1, 0.15) is 11.6 Å². The SMILES string of the molecule is O=C(NCc1cc(F)ccc1F)N1CCCCC1CCO. The van der Waals surface area contributed by atoms with E-state index in [9.17, 15) is 13.6 Å². The van der Waals surface area contributed by atoms with Crippen molar-refractivity contribution in [1.29, 1.82) is 0 Å². The molecule has 0 bridgehead atoms. The monoisotopic (exact) mass is 298 g/mol. The van der Waals surface area contributed by atoms with Crippen LogP contribution in [0.5, 0.6) is 0 Å². The van der Waals surface area contributed by atoms with Crippen LogP contribution in [-0.4, -0.2) is 35.2 Å². The minimum atomic E-state index is -0.540. The molecule has 2 amide bonds. The van der Waals surface area contributed by atoms with Gasteiger partial charge in [-0.2, -0.15) is 0 Å². The van der Waals surface area contributed by atoms with Gasteiger partial charge < -0.3 is 15.3 Å². The fraction of sp³-hybridized carbons (Fsp3) is 0.533. The van der Waals surface area contributed by atoms with Gasteiger partial charge in [0.15, 0.2) is 0 Å². The second kappa shape index (κ2) is 7.36. The summed E-state index contributed by atoms with van der Waals surface area (Å²) in [5.74, 6) is -1.07.